The first kappa shape index (κ1) is 15.5. The molecule has 1 aliphatic heterocycles. The van der Waals surface area contributed by atoms with Gasteiger partial charge in [-0.2, -0.15) is 4.31 Å². The Morgan fingerprint density at radius 1 is 1.35 bits per heavy atom. The zero-order chi connectivity index (χ0) is 14.9. The van der Waals surface area contributed by atoms with Crippen molar-refractivity contribution in [3.8, 4) is 0 Å². The van der Waals surface area contributed by atoms with Crippen LogP contribution in [0.5, 0.6) is 0 Å². The van der Waals surface area contributed by atoms with Gasteiger partial charge in [0.05, 0.1) is 13.4 Å². The standard InChI is InChI=1S/C10H14ClN3O4S2/c1-18-9(15)7-8(11)12-10(19-7)13-3-5-14(6-4-13)20(2,16)17/h3-6H2,1-2H3. The molecule has 1 fully saturated rings. The van der Waals surface area contributed by atoms with Crippen LogP contribution in [0.4, 0.5) is 5.13 Å². The number of rotatable bonds is 3. The molecule has 20 heavy (non-hydrogen) atoms. The van der Waals surface area contributed by atoms with E-state index in [0.717, 1.165) is 11.3 Å². The van der Waals surface area contributed by atoms with Crippen molar-refractivity contribution in [2.45, 2.75) is 0 Å². The number of hydrogen-bond donors (Lipinski definition) is 0. The Labute approximate surface area is 126 Å². The zero-order valence-electron chi connectivity index (χ0n) is 11.0. The van der Waals surface area contributed by atoms with Crippen LogP contribution in [0.2, 0.25) is 5.15 Å². The molecule has 1 aromatic heterocycles. The monoisotopic (exact) mass is 339 g/mol. The van der Waals surface area contributed by atoms with Gasteiger partial charge in [-0.3, -0.25) is 0 Å². The van der Waals surface area contributed by atoms with E-state index in [4.69, 9.17) is 11.6 Å². The number of esters is 1. The molecule has 2 rings (SSSR count). The summed E-state index contributed by atoms with van der Waals surface area (Å²) in [5.41, 5.74) is 0. The number of anilines is 1. The lowest BCUT2D eigenvalue weighted by Gasteiger charge is -2.32. The number of methoxy groups -OCH3 is 1. The van der Waals surface area contributed by atoms with Crippen LogP contribution in [0, 0.1) is 0 Å². The van der Waals surface area contributed by atoms with Gasteiger partial charge in [0.2, 0.25) is 10.0 Å². The van der Waals surface area contributed by atoms with E-state index in [-0.39, 0.29) is 10.0 Å². The van der Waals surface area contributed by atoms with Crippen LogP contribution in [-0.2, 0) is 14.8 Å². The van der Waals surface area contributed by atoms with Gasteiger partial charge in [0.1, 0.15) is 0 Å². The molecule has 0 aliphatic carbocycles. The number of aromatic nitrogens is 1. The second-order valence-electron chi connectivity index (χ2n) is 4.26. The maximum atomic E-state index is 11.5. The molecule has 1 saturated heterocycles. The SMILES string of the molecule is COC(=O)c1sc(N2CCN(S(C)(=O)=O)CC2)nc1Cl. The number of nitrogens with zero attached hydrogens (tertiary/aromatic N) is 3. The molecule has 0 bridgehead atoms. The van der Waals surface area contributed by atoms with Gasteiger partial charge in [-0.05, 0) is 0 Å². The number of sulfonamides is 1. The van der Waals surface area contributed by atoms with E-state index in [1.54, 1.807) is 0 Å². The first-order valence-corrected chi connectivity index (χ1v) is 8.82. The van der Waals surface area contributed by atoms with Crippen molar-refractivity contribution in [1.29, 1.82) is 0 Å². The van der Waals surface area contributed by atoms with Crippen LogP contribution in [0.25, 0.3) is 0 Å². The highest BCUT2D eigenvalue weighted by Crippen LogP contribution is 2.30. The van der Waals surface area contributed by atoms with E-state index in [2.05, 4.69) is 9.72 Å². The molecule has 0 atom stereocenters. The van der Waals surface area contributed by atoms with Gasteiger partial charge < -0.3 is 9.64 Å². The average molecular weight is 340 g/mol. The summed E-state index contributed by atoms with van der Waals surface area (Å²) >= 11 is 7.05. The maximum Gasteiger partial charge on any atom is 0.351 e. The Bertz CT molecular complexity index is 608. The lowest BCUT2D eigenvalue weighted by Crippen LogP contribution is -2.48. The number of carbonyl (C=O) groups is 1. The van der Waals surface area contributed by atoms with Crippen molar-refractivity contribution in [1.82, 2.24) is 9.29 Å². The highest BCUT2D eigenvalue weighted by Gasteiger charge is 2.26. The summed E-state index contributed by atoms with van der Waals surface area (Å²) < 4.78 is 28.9. The van der Waals surface area contributed by atoms with Crippen LogP contribution < -0.4 is 4.90 Å². The minimum Gasteiger partial charge on any atom is -0.465 e. The summed E-state index contributed by atoms with van der Waals surface area (Å²) in [6.07, 6.45) is 1.19. The number of hydrogen-bond acceptors (Lipinski definition) is 7. The first-order chi connectivity index (χ1) is 9.32. The molecular formula is C10H14ClN3O4S2. The lowest BCUT2D eigenvalue weighted by atomic mass is 10.4. The van der Waals surface area contributed by atoms with E-state index in [1.165, 1.54) is 17.7 Å². The summed E-state index contributed by atoms with van der Waals surface area (Å²) in [5, 5.41) is 0.714. The fourth-order valence-corrected chi connectivity index (χ4v) is 3.93. The first-order valence-electron chi connectivity index (χ1n) is 5.77. The Balaban J connectivity index is 2.10. The third kappa shape index (κ3) is 3.22. The van der Waals surface area contributed by atoms with Crippen LogP contribution in [0.1, 0.15) is 9.67 Å². The number of carbonyl (C=O) groups excluding carboxylic acids is 1. The highest BCUT2D eigenvalue weighted by molar-refractivity contribution is 7.88. The average Bonchev–Trinajstić information content (AvgIpc) is 2.79. The second-order valence-corrected chi connectivity index (χ2v) is 7.58. The smallest absolute Gasteiger partial charge is 0.351 e. The third-order valence-corrected chi connectivity index (χ3v) is 5.71. The van der Waals surface area contributed by atoms with Gasteiger partial charge in [0.15, 0.2) is 15.2 Å². The van der Waals surface area contributed by atoms with Gasteiger partial charge in [-0.1, -0.05) is 22.9 Å². The van der Waals surface area contributed by atoms with E-state index < -0.39 is 16.0 Å². The van der Waals surface area contributed by atoms with E-state index in [1.807, 2.05) is 4.90 Å². The molecule has 1 aliphatic rings. The van der Waals surface area contributed by atoms with Gasteiger partial charge in [-0.15, -0.1) is 0 Å². The molecule has 0 amide bonds. The Hall–Kier alpha value is -0.900. The molecule has 112 valence electrons. The molecule has 0 spiro atoms. The predicted octanol–water partition coefficient (Wildman–Crippen LogP) is 0.665. The van der Waals surface area contributed by atoms with Crippen molar-refractivity contribution in [2.24, 2.45) is 0 Å². The highest BCUT2D eigenvalue weighted by atomic mass is 35.5. The molecule has 0 unspecified atom stereocenters. The Morgan fingerprint density at radius 2 is 1.95 bits per heavy atom. The Kier molecular flexibility index (Phi) is 4.52. The largest absolute Gasteiger partial charge is 0.465 e. The van der Waals surface area contributed by atoms with Crippen molar-refractivity contribution in [3.05, 3.63) is 10.0 Å². The summed E-state index contributed by atoms with van der Waals surface area (Å²) in [6.45, 7) is 1.81. The minimum atomic E-state index is -3.16. The van der Waals surface area contributed by atoms with Gasteiger partial charge >= 0.3 is 5.97 Å². The van der Waals surface area contributed by atoms with E-state index in [0.29, 0.717) is 31.3 Å². The molecule has 0 saturated carbocycles. The summed E-state index contributed by atoms with van der Waals surface area (Å²) in [4.78, 5) is 17.8. The van der Waals surface area contributed by atoms with E-state index in [9.17, 15) is 13.2 Å². The Morgan fingerprint density at radius 3 is 2.45 bits per heavy atom. The molecule has 0 radical (unpaired) electrons. The molecule has 0 N–H and O–H groups in total. The molecule has 0 aromatic carbocycles. The zero-order valence-corrected chi connectivity index (χ0v) is 13.4. The van der Waals surface area contributed by atoms with E-state index >= 15 is 0 Å². The molecular weight excluding hydrogens is 326 g/mol. The maximum absolute atomic E-state index is 11.5. The van der Waals surface area contributed by atoms with Gasteiger partial charge in [-0.25, -0.2) is 18.2 Å². The number of ether oxygens (including phenoxy) is 1. The molecule has 10 heteroatoms. The van der Waals surface area contributed by atoms with Crippen LogP contribution in [0.3, 0.4) is 0 Å². The van der Waals surface area contributed by atoms with Crippen molar-refractivity contribution < 1.29 is 17.9 Å². The second kappa shape index (κ2) is 5.84. The predicted molar refractivity (Wildman–Crippen MR) is 77.1 cm³/mol. The number of piperazine rings is 1. The van der Waals surface area contributed by atoms with Crippen LogP contribution in [0.15, 0.2) is 0 Å². The molecule has 1 aromatic rings. The summed E-state index contributed by atoms with van der Waals surface area (Å²) in [6, 6.07) is 0. The fraction of sp³-hybridized carbons (Fsp3) is 0.600. The van der Waals surface area contributed by atoms with Crippen molar-refractivity contribution in [3.63, 3.8) is 0 Å². The lowest BCUT2D eigenvalue weighted by molar-refractivity contribution is 0.0606. The van der Waals surface area contributed by atoms with Crippen molar-refractivity contribution in [2.75, 3.05) is 44.4 Å². The molecule has 7 nitrogen and oxygen atoms in total. The normalized spacial score (nSPS) is 17.2. The number of halogens is 1. The number of thiazole rings is 1. The van der Waals surface area contributed by atoms with Crippen LogP contribution in [-0.4, -0.2) is 63.2 Å². The topological polar surface area (TPSA) is 79.8 Å². The quantitative estimate of drug-likeness (QED) is 0.753. The fourth-order valence-electron chi connectivity index (χ4n) is 1.86. The minimum absolute atomic E-state index is 0.113. The summed E-state index contributed by atoms with van der Waals surface area (Å²) in [7, 11) is -1.88. The third-order valence-electron chi connectivity index (χ3n) is 2.92. The van der Waals surface area contributed by atoms with Gasteiger partial charge in [0.25, 0.3) is 0 Å². The van der Waals surface area contributed by atoms with Crippen LogP contribution >= 0.6 is 22.9 Å². The molecule has 2 heterocycles. The van der Waals surface area contributed by atoms with Crippen molar-refractivity contribution >= 4 is 44.1 Å². The summed E-state index contributed by atoms with van der Waals surface area (Å²) in [5.74, 6) is -0.520. The van der Waals surface area contributed by atoms with Gasteiger partial charge in [0, 0.05) is 26.2 Å².